The quantitative estimate of drug-likeness (QED) is 0.603. The molecule has 2 aromatic heterocycles. The second kappa shape index (κ2) is 4.79. The van der Waals surface area contributed by atoms with Gasteiger partial charge in [-0.15, -0.1) is 0 Å². The molecule has 8 heteroatoms. The summed E-state index contributed by atoms with van der Waals surface area (Å²) in [5.41, 5.74) is 2.58. The van der Waals surface area contributed by atoms with Gasteiger partial charge in [-0.2, -0.15) is 4.98 Å². The summed E-state index contributed by atoms with van der Waals surface area (Å²) >= 11 is 0. The van der Waals surface area contributed by atoms with Gasteiger partial charge in [0.2, 0.25) is 12.7 Å². The summed E-state index contributed by atoms with van der Waals surface area (Å²) in [6.07, 6.45) is 0. The standard InChI is InChI=1S/C16H13N5O3/c1-22-10-4-2-9(3-5-10)17-15-19-16-18-11-6-13-14(24-8-23-13)7-12(11)21(16)20-15/h2-7H,8H2,1H3,(H2,17,18,19,20). The summed E-state index contributed by atoms with van der Waals surface area (Å²) < 4.78 is 17.8. The van der Waals surface area contributed by atoms with Crippen molar-refractivity contribution in [3.63, 3.8) is 0 Å². The number of nitrogens with one attached hydrogen (secondary N) is 2. The lowest BCUT2D eigenvalue weighted by molar-refractivity contribution is 0.174. The molecule has 3 heterocycles. The number of benzene rings is 2. The largest absolute Gasteiger partial charge is 0.497 e. The molecule has 2 aromatic carbocycles. The van der Waals surface area contributed by atoms with E-state index in [0.29, 0.717) is 23.2 Å². The Morgan fingerprint density at radius 2 is 1.92 bits per heavy atom. The molecule has 0 saturated heterocycles. The number of hydrogen-bond acceptors (Lipinski definition) is 6. The minimum Gasteiger partial charge on any atom is -0.497 e. The molecule has 0 spiro atoms. The smallest absolute Gasteiger partial charge is 0.253 e. The Kier molecular flexibility index (Phi) is 2.60. The number of methoxy groups -OCH3 is 1. The molecule has 1 aliphatic rings. The second-order valence-electron chi connectivity index (χ2n) is 5.37. The predicted molar refractivity (Wildman–Crippen MR) is 87.2 cm³/mol. The number of hydrogen-bond donors (Lipinski definition) is 2. The molecule has 24 heavy (non-hydrogen) atoms. The second-order valence-corrected chi connectivity index (χ2v) is 5.37. The monoisotopic (exact) mass is 323 g/mol. The molecular formula is C16H13N5O3. The lowest BCUT2D eigenvalue weighted by Crippen LogP contribution is -1.94. The van der Waals surface area contributed by atoms with Crippen LogP contribution < -0.4 is 19.5 Å². The highest BCUT2D eigenvalue weighted by Crippen LogP contribution is 2.36. The topological polar surface area (TPSA) is 85.7 Å². The van der Waals surface area contributed by atoms with Crippen molar-refractivity contribution >= 4 is 28.4 Å². The molecule has 0 atom stereocenters. The maximum Gasteiger partial charge on any atom is 0.253 e. The Hall–Kier alpha value is -3.42. The Labute approximate surface area is 136 Å². The summed E-state index contributed by atoms with van der Waals surface area (Å²) in [6.45, 7) is 0.239. The highest BCUT2D eigenvalue weighted by Gasteiger charge is 2.18. The third kappa shape index (κ3) is 1.93. The summed E-state index contributed by atoms with van der Waals surface area (Å²) in [6, 6.07) is 11.4. The van der Waals surface area contributed by atoms with E-state index in [1.807, 2.05) is 40.9 Å². The molecule has 0 aliphatic carbocycles. The van der Waals surface area contributed by atoms with Crippen LogP contribution >= 0.6 is 0 Å². The van der Waals surface area contributed by atoms with E-state index >= 15 is 0 Å². The molecule has 120 valence electrons. The molecule has 1 aliphatic heterocycles. The average Bonchev–Trinajstić information content (AvgIpc) is 3.27. The van der Waals surface area contributed by atoms with E-state index in [4.69, 9.17) is 14.2 Å². The Morgan fingerprint density at radius 1 is 1.12 bits per heavy atom. The third-order valence-corrected chi connectivity index (χ3v) is 3.91. The van der Waals surface area contributed by atoms with Gasteiger partial charge in [0, 0.05) is 17.8 Å². The average molecular weight is 323 g/mol. The normalized spacial score (nSPS) is 12.9. The number of fused-ring (bicyclic) bond motifs is 4. The maximum atomic E-state index is 5.42. The van der Waals surface area contributed by atoms with Gasteiger partial charge in [-0.3, -0.25) is 5.10 Å². The van der Waals surface area contributed by atoms with E-state index in [9.17, 15) is 0 Å². The van der Waals surface area contributed by atoms with Crippen molar-refractivity contribution in [1.82, 2.24) is 19.6 Å². The van der Waals surface area contributed by atoms with Crippen molar-refractivity contribution in [2.75, 3.05) is 19.2 Å². The van der Waals surface area contributed by atoms with E-state index in [0.717, 1.165) is 22.5 Å². The van der Waals surface area contributed by atoms with Crippen LogP contribution in [0.25, 0.3) is 16.8 Å². The summed E-state index contributed by atoms with van der Waals surface area (Å²) in [5, 5.41) is 6.40. The van der Waals surface area contributed by atoms with Gasteiger partial charge in [0.15, 0.2) is 11.5 Å². The molecule has 0 radical (unpaired) electrons. The van der Waals surface area contributed by atoms with Crippen LogP contribution in [-0.4, -0.2) is 33.5 Å². The van der Waals surface area contributed by atoms with Crippen LogP contribution in [-0.2, 0) is 0 Å². The first-order valence-electron chi connectivity index (χ1n) is 7.39. The minimum atomic E-state index is 0.239. The molecule has 5 rings (SSSR count). The number of imidazole rings is 1. The van der Waals surface area contributed by atoms with E-state index < -0.39 is 0 Å². The molecule has 4 aromatic rings. The zero-order valence-electron chi connectivity index (χ0n) is 12.7. The van der Waals surface area contributed by atoms with Gasteiger partial charge in [0.1, 0.15) is 5.75 Å². The summed E-state index contributed by atoms with van der Waals surface area (Å²) in [4.78, 5) is 8.97. The van der Waals surface area contributed by atoms with Crippen molar-refractivity contribution in [3.05, 3.63) is 36.4 Å². The highest BCUT2D eigenvalue weighted by molar-refractivity contribution is 5.83. The van der Waals surface area contributed by atoms with Gasteiger partial charge in [0.05, 0.1) is 18.1 Å². The van der Waals surface area contributed by atoms with Crippen molar-refractivity contribution in [2.24, 2.45) is 0 Å². The Balaban J connectivity index is 1.53. The SMILES string of the molecule is COc1ccc(Nc2nc3nc4cc5c(cc4n3[nH]2)OCO5)cc1. The number of anilines is 2. The number of aromatic nitrogens is 4. The molecule has 0 unspecified atom stereocenters. The fourth-order valence-electron chi connectivity index (χ4n) is 2.74. The third-order valence-electron chi connectivity index (χ3n) is 3.91. The van der Waals surface area contributed by atoms with Crippen molar-refractivity contribution in [1.29, 1.82) is 0 Å². The molecule has 0 saturated carbocycles. The van der Waals surface area contributed by atoms with Crippen molar-refractivity contribution in [3.8, 4) is 17.2 Å². The van der Waals surface area contributed by atoms with Crippen LogP contribution in [0.5, 0.6) is 17.2 Å². The van der Waals surface area contributed by atoms with E-state index in [1.54, 1.807) is 7.11 Å². The summed E-state index contributed by atoms with van der Waals surface area (Å²) in [5.74, 6) is 3.40. The fraction of sp³-hybridized carbons (Fsp3) is 0.125. The van der Waals surface area contributed by atoms with Crippen LogP contribution in [0.2, 0.25) is 0 Å². The maximum absolute atomic E-state index is 5.42. The van der Waals surface area contributed by atoms with Gasteiger partial charge in [-0.1, -0.05) is 0 Å². The number of ether oxygens (including phenoxy) is 3. The van der Waals surface area contributed by atoms with E-state index in [2.05, 4.69) is 20.4 Å². The lowest BCUT2D eigenvalue weighted by Gasteiger charge is -2.04. The number of nitrogens with zero attached hydrogens (tertiary/aromatic N) is 3. The predicted octanol–water partition coefficient (Wildman–Crippen LogP) is 2.69. The first-order valence-corrected chi connectivity index (χ1v) is 7.39. The van der Waals surface area contributed by atoms with E-state index in [-0.39, 0.29) is 6.79 Å². The highest BCUT2D eigenvalue weighted by atomic mass is 16.7. The molecule has 2 N–H and O–H groups in total. The molecular weight excluding hydrogens is 310 g/mol. The fourth-order valence-corrected chi connectivity index (χ4v) is 2.74. The van der Waals surface area contributed by atoms with E-state index in [1.165, 1.54) is 0 Å². The Bertz CT molecular complexity index is 1050. The summed E-state index contributed by atoms with van der Waals surface area (Å²) in [7, 11) is 1.64. The lowest BCUT2D eigenvalue weighted by atomic mass is 10.3. The minimum absolute atomic E-state index is 0.239. The number of rotatable bonds is 3. The zero-order chi connectivity index (χ0) is 16.1. The number of aromatic amines is 1. The van der Waals surface area contributed by atoms with Crippen molar-refractivity contribution < 1.29 is 14.2 Å². The van der Waals surface area contributed by atoms with Crippen LogP contribution in [0, 0.1) is 0 Å². The first kappa shape index (κ1) is 13.1. The van der Waals surface area contributed by atoms with Gasteiger partial charge >= 0.3 is 0 Å². The number of H-pyrrole nitrogens is 1. The van der Waals surface area contributed by atoms with Crippen LogP contribution in [0.15, 0.2) is 36.4 Å². The molecule has 0 bridgehead atoms. The van der Waals surface area contributed by atoms with Crippen LogP contribution in [0.4, 0.5) is 11.6 Å². The van der Waals surface area contributed by atoms with Gasteiger partial charge in [-0.25, -0.2) is 9.50 Å². The van der Waals surface area contributed by atoms with Crippen LogP contribution in [0.3, 0.4) is 0 Å². The molecule has 0 amide bonds. The van der Waals surface area contributed by atoms with Gasteiger partial charge < -0.3 is 19.5 Å². The Morgan fingerprint density at radius 3 is 2.71 bits per heavy atom. The van der Waals surface area contributed by atoms with Crippen molar-refractivity contribution in [2.45, 2.75) is 0 Å². The van der Waals surface area contributed by atoms with Gasteiger partial charge in [-0.05, 0) is 24.3 Å². The molecule has 0 fully saturated rings. The van der Waals surface area contributed by atoms with Crippen LogP contribution in [0.1, 0.15) is 0 Å². The zero-order valence-corrected chi connectivity index (χ0v) is 12.7. The van der Waals surface area contributed by atoms with Gasteiger partial charge in [0.25, 0.3) is 5.78 Å². The molecule has 8 nitrogen and oxygen atoms in total. The first-order chi connectivity index (χ1) is 11.8.